The number of phenolic OH excluding ortho intramolecular Hbond substituents is 2. The Hall–Kier alpha value is -2.20. The lowest BCUT2D eigenvalue weighted by atomic mass is 10.1. The molecule has 100 valence electrons. The minimum Gasteiger partial charge on any atom is -0.508 e. The molecule has 0 aliphatic rings. The first kappa shape index (κ1) is 13.2. The molecule has 2 aromatic carbocycles. The Bertz CT molecular complexity index is 545. The van der Waals surface area contributed by atoms with E-state index >= 15 is 0 Å². The second kappa shape index (κ2) is 5.20. The average Bonchev–Trinajstić information content (AvgIpc) is 2.39. The Morgan fingerprint density at radius 1 is 0.842 bits per heavy atom. The van der Waals surface area contributed by atoms with E-state index in [9.17, 15) is 10.2 Å². The number of rotatable bonds is 3. The summed E-state index contributed by atoms with van der Waals surface area (Å²) in [6.07, 6.45) is 0. The number of aryl methyl sites for hydroxylation is 2. The lowest BCUT2D eigenvalue weighted by Crippen LogP contribution is -2.29. The molecule has 0 spiro atoms. The zero-order valence-electron chi connectivity index (χ0n) is 11.3. The van der Waals surface area contributed by atoms with Crippen LogP contribution in [0.25, 0.3) is 0 Å². The third-order valence-electron chi connectivity index (χ3n) is 3.13. The monoisotopic (exact) mass is 258 g/mol. The lowest BCUT2D eigenvalue weighted by molar-refractivity contribution is 0.471. The molecule has 0 aliphatic carbocycles. The van der Waals surface area contributed by atoms with Crippen LogP contribution in [0.1, 0.15) is 11.1 Å². The maximum absolute atomic E-state index is 9.79. The highest BCUT2D eigenvalue weighted by atomic mass is 16.3. The highest BCUT2D eigenvalue weighted by molar-refractivity contribution is 5.66. The quantitative estimate of drug-likeness (QED) is 0.741. The number of hydrogen-bond donors (Lipinski definition) is 3. The summed E-state index contributed by atoms with van der Waals surface area (Å²) in [5.41, 5.74) is 6.29. The van der Waals surface area contributed by atoms with Crippen molar-refractivity contribution in [2.75, 3.05) is 12.1 Å². The predicted octanol–water partition coefficient (Wildman–Crippen LogP) is 2.99. The maximum atomic E-state index is 9.79. The van der Waals surface area contributed by atoms with Crippen LogP contribution < -0.4 is 10.4 Å². The second-order valence-electron chi connectivity index (χ2n) is 4.50. The summed E-state index contributed by atoms with van der Waals surface area (Å²) < 4.78 is 0. The van der Waals surface area contributed by atoms with Gasteiger partial charge in [0.15, 0.2) is 0 Å². The summed E-state index contributed by atoms with van der Waals surface area (Å²) in [4.78, 5) is 0. The van der Waals surface area contributed by atoms with E-state index in [1.807, 2.05) is 38.1 Å². The molecule has 0 aromatic heterocycles. The van der Waals surface area contributed by atoms with E-state index < -0.39 is 0 Å². The van der Waals surface area contributed by atoms with Crippen LogP contribution in [0.2, 0.25) is 0 Å². The van der Waals surface area contributed by atoms with Crippen molar-refractivity contribution in [1.82, 2.24) is 5.43 Å². The third-order valence-corrected chi connectivity index (χ3v) is 3.13. The van der Waals surface area contributed by atoms with Crippen LogP contribution in [0, 0.1) is 13.8 Å². The summed E-state index contributed by atoms with van der Waals surface area (Å²) in [6.45, 7) is 3.70. The molecule has 0 radical (unpaired) electrons. The van der Waals surface area contributed by atoms with E-state index in [0.717, 1.165) is 22.5 Å². The molecule has 0 saturated carbocycles. The number of benzene rings is 2. The number of aromatic hydroxyl groups is 2. The molecule has 0 heterocycles. The van der Waals surface area contributed by atoms with Crippen LogP contribution in [-0.2, 0) is 0 Å². The first-order chi connectivity index (χ1) is 9.02. The molecule has 4 heteroatoms. The van der Waals surface area contributed by atoms with Crippen molar-refractivity contribution in [1.29, 1.82) is 0 Å². The Morgan fingerprint density at radius 3 is 1.58 bits per heavy atom. The van der Waals surface area contributed by atoms with Gasteiger partial charge in [-0.05, 0) is 37.1 Å². The normalized spacial score (nSPS) is 10.5. The van der Waals surface area contributed by atoms with Crippen LogP contribution in [0.5, 0.6) is 11.5 Å². The van der Waals surface area contributed by atoms with Gasteiger partial charge in [-0.25, -0.2) is 5.43 Å². The van der Waals surface area contributed by atoms with Crippen LogP contribution in [0.3, 0.4) is 0 Å². The average molecular weight is 258 g/mol. The highest BCUT2D eigenvalue weighted by Gasteiger charge is 2.10. The van der Waals surface area contributed by atoms with Gasteiger partial charge in [0.1, 0.15) is 11.5 Å². The van der Waals surface area contributed by atoms with E-state index in [0.29, 0.717) is 0 Å². The van der Waals surface area contributed by atoms with Crippen LogP contribution in [0.15, 0.2) is 36.4 Å². The molecule has 0 bridgehead atoms. The number of nitrogens with one attached hydrogen (secondary N) is 1. The van der Waals surface area contributed by atoms with Gasteiger partial charge >= 0.3 is 0 Å². The SMILES string of the molecule is CNN(c1ccc(C)c(O)c1)c1ccc(C)c(O)c1. The first-order valence-electron chi connectivity index (χ1n) is 6.09. The molecule has 0 amide bonds. The third kappa shape index (κ3) is 2.63. The van der Waals surface area contributed by atoms with E-state index in [-0.39, 0.29) is 11.5 Å². The van der Waals surface area contributed by atoms with Crippen molar-refractivity contribution >= 4 is 11.4 Å². The van der Waals surface area contributed by atoms with Crippen molar-refractivity contribution in [2.24, 2.45) is 0 Å². The number of nitrogens with zero attached hydrogens (tertiary/aromatic N) is 1. The molecule has 0 fully saturated rings. The molecule has 2 rings (SSSR count). The fourth-order valence-electron chi connectivity index (χ4n) is 1.88. The molecule has 0 aliphatic heterocycles. The summed E-state index contributed by atoms with van der Waals surface area (Å²) in [5.74, 6) is 0.489. The van der Waals surface area contributed by atoms with E-state index in [2.05, 4.69) is 5.43 Å². The van der Waals surface area contributed by atoms with E-state index in [4.69, 9.17) is 0 Å². The Labute approximate surface area is 112 Å². The van der Waals surface area contributed by atoms with Gasteiger partial charge < -0.3 is 10.2 Å². The van der Waals surface area contributed by atoms with E-state index in [1.54, 1.807) is 24.2 Å². The van der Waals surface area contributed by atoms with Gasteiger partial charge in [0.25, 0.3) is 0 Å². The number of hydrazine groups is 1. The zero-order valence-corrected chi connectivity index (χ0v) is 11.3. The minimum absolute atomic E-state index is 0.245. The molecule has 19 heavy (non-hydrogen) atoms. The molecule has 0 unspecified atom stereocenters. The van der Waals surface area contributed by atoms with Crippen molar-refractivity contribution in [3.63, 3.8) is 0 Å². The molecule has 4 nitrogen and oxygen atoms in total. The second-order valence-corrected chi connectivity index (χ2v) is 4.50. The van der Waals surface area contributed by atoms with Crippen molar-refractivity contribution in [3.05, 3.63) is 47.5 Å². The fraction of sp³-hybridized carbons (Fsp3) is 0.200. The van der Waals surface area contributed by atoms with Gasteiger partial charge in [-0.1, -0.05) is 12.1 Å². The molecule has 3 N–H and O–H groups in total. The summed E-state index contributed by atoms with van der Waals surface area (Å²) in [7, 11) is 1.79. The van der Waals surface area contributed by atoms with Gasteiger partial charge in [-0.2, -0.15) is 0 Å². The van der Waals surface area contributed by atoms with Crippen molar-refractivity contribution in [2.45, 2.75) is 13.8 Å². The molecule has 2 aromatic rings. The highest BCUT2D eigenvalue weighted by Crippen LogP contribution is 2.30. The van der Waals surface area contributed by atoms with E-state index in [1.165, 1.54) is 0 Å². The fourth-order valence-corrected chi connectivity index (χ4v) is 1.88. The largest absolute Gasteiger partial charge is 0.508 e. The Kier molecular flexibility index (Phi) is 3.62. The zero-order chi connectivity index (χ0) is 14.0. The number of phenols is 2. The summed E-state index contributed by atoms with van der Waals surface area (Å²) >= 11 is 0. The lowest BCUT2D eigenvalue weighted by Gasteiger charge is -2.24. The molecular formula is C15H18N2O2. The first-order valence-corrected chi connectivity index (χ1v) is 6.09. The standard InChI is InChI=1S/C15H18N2O2/c1-10-4-6-12(8-14(10)18)17(16-3)13-7-5-11(2)15(19)9-13/h4-9,16,18-19H,1-3H3. The molecular weight excluding hydrogens is 240 g/mol. The van der Waals surface area contributed by atoms with Gasteiger partial charge in [-0.3, -0.25) is 5.01 Å². The predicted molar refractivity (Wildman–Crippen MR) is 76.9 cm³/mol. The van der Waals surface area contributed by atoms with Crippen molar-refractivity contribution in [3.8, 4) is 11.5 Å². The van der Waals surface area contributed by atoms with Crippen LogP contribution in [0.4, 0.5) is 11.4 Å². The van der Waals surface area contributed by atoms with Crippen LogP contribution in [-0.4, -0.2) is 17.3 Å². The molecule has 0 atom stereocenters. The maximum Gasteiger partial charge on any atom is 0.120 e. The van der Waals surface area contributed by atoms with Crippen molar-refractivity contribution < 1.29 is 10.2 Å². The minimum atomic E-state index is 0.245. The smallest absolute Gasteiger partial charge is 0.120 e. The topological polar surface area (TPSA) is 55.7 Å². The molecule has 0 saturated heterocycles. The summed E-state index contributed by atoms with van der Waals surface area (Å²) in [6, 6.07) is 10.9. The van der Waals surface area contributed by atoms with Gasteiger partial charge in [0.05, 0.1) is 11.4 Å². The Balaban J connectivity index is 2.43. The van der Waals surface area contributed by atoms with Gasteiger partial charge in [-0.15, -0.1) is 0 Å². The number of anilines is 2. The van der Waals surface area contributed by atoms with Crippen LogP contribution >= 0.6 is 0 Å². The number of hydrogen-bond acceptors (Lipinski definition) is 4. The Morgan fingerprint density at radius 2 is 1.26 bits per heavy atom. The van der Waals surface area contributed by atoms with Gasteiger partial charge in [0, 0.05) is 19.2 Å². The summed E-state index contributed by atoms with van der Waals surface area (Å²) in [5, 5.41) is 21.4. The van der Waals surface area contributed by atoms with Gasteiger partial charge in [0.2, 0.25) is 0 Å².